The van der Waals surface area contributed by atoms with Gasteiger partial charge in [-0.3, -0.25) is 0 Å². The fourth-order valence-corrected chi connectivity index (χ4v) is 2.19. The van der Waals surface area contributed by atoms with E-state index in [9.17, 15) is 8.78 Å². The molecule has 0 saturated heterocycles. The van der Waals surface area contributed by atoms with Gasteiger partial charge in [0.25, 0.3) is 0 Å². The minimum atomic E-state index is -0.745. The normalized spacial score (nSPS) is 10.8. The first-order valence-corrected chi connectivity index (χ1v) is 6.78. The van der Waals surface area contributed by atoms with E-state index in [-0.39, 0.29) is 21.8 Å². The largest absolute Gasteiger partial charge is 0.381 e. The third-order valence-corrected chi connectivity index (χ3v) is 3.47. The van der Waals surface area contributed by atoms with E-state index in [2.05, 4.69) is 31.2 Å². The van der Waals surface area contributed by atoms with Gasteiger partial charge in [-0.1, -0.05) is 12.1 Å². The molecule has 2 aromatic carbocycles. The van der Waals surface area contributed by atoms with Crippen LogP contribution in [0.25, 0.3) is 11.0 Å². The van der Waals surface area contributed by atoms with Crippen LogP contribution >= 0.6 is 15.9 Å². The number of nitrogen functional groups attached to an aromatic ring is 1. The molecule has 3 rings (SSSR count). The Morgan fingerprint density at radius 3 is 2.38 bits per heavy atom. The van der Waals surface area contributed by atoms with E-state index in [4.69, 9.17) is 5.73 Å². The number of fused-ring (bicyclic) bond motifs is 1. The van der Waals surface area contributed by atoms with Crippen molar-refractivity contribution in [3.05, 3.63) is 52.5 Å². The monoisotopic (exact) mass is 350 g/mol. The summed E-state index contributed by atoms with van der Waals surface area (Å²) < 4.78 is 27.1. The van der Waals surface area contributed by atoms with Crippen molar-refractivity contribution < 1.29 is 8.78 Å². The number of nitrogens with two attached hydrogens (primary N) is 1. The number of anilines is 3. The van der Waals surface area contributed by atoms with Crippen LogP contribution in [-0.2, 0) is 0 Å². The summed E-state index contributed by atoms with van der Waals surface area (Å²) >= 11 is 3.00. The molecular weight excluding hydrogens is 342 g/mol. The first-order valence-electron chi connectivity index (χ1n) is 5.98. The molecule has 0 atom stereocenters. The number of hydrogen-bond donors (Lipinski definition) is 2. The van der Waals surface area contributed by atoms with Gasteiger partial charge in [-0.15, -0.1) is 0 Å². The Morgan fingerprint density at radius 2 is 1.67 bits per heavy atom. The first-order chi connectivity index (χ1) is 10.0. The quantitative estimate of drug-likeness (QED) is 0.685. The smallest absolute Gasteiger partial charge is 0.174 e. The molecule has 1 aromatic heterocycles. The number of benzene rings is 2. The van der Waals surface area contributed by atoms with Crippen LogP contribution in [0.4, 0.5) is 26.1 Å². The highest BCUT2D eigenvalue weighted by atomic mass is 79.9. The maximum atomic E-state index is 13.7. The number of rotatable bonds is 2. The van der Waals surface area contributed by atoms with E-state index in [0.717, 1.165) is 6.07 Å². The summed E-state index contributed by atoms with van der Waals surface area (Å²) in [6.45, 7) is 0. The minimum absolute atomic E-state index is 0.0551. The lowest BCUT2D eigenvalue weighted by Gasteiger charge is -2.10. The highest BCUT2D eigenvalue weighted by Crippen LogP contribution is 2.28. The molecule has 0 spiro atoms. The molecule has 3 aromatic rings. The van der Waals surface area contributed by atoms with Crippen molar-refractivity contribution >= 4 is 44.3 Å². The third kappa shape index (κ3) is 2.64. The zero-order valence-corrected chi connectivity index (χ0v) is 12.2. The Hall–Kier alpha value is -2.28. The Labute approximate surface area is 127 Å². The lowest BCUT2D eigenvalue weighted by atomic mass is 10.3. The molecule has 0 bridgehead atoms. The lowest BCUT2D eigenvalue weighted by molar-refractivity contribution is 0.581. The molecule has 3 N–H and O–H groups in total. The second-order valence-corrected chi connectivity index (χ2v) is 5.17. The molecule has 0 radical (unpaired) electrons. The fraction of sp³-hybridized carbons (Fsp3) is 0. The molecule has 0 aliphatic carbocycles. The molecule has 0 amide bonds. The molecule has 1 heterocycles. The summed E-state index contributed by atoms with van der Waals surface area (Å²) in [5.74, 6) is -1.08. The van der Waals surface area contributed by atoms with E-state index in [1.165, 1.54) is 6.07 Å². The fourth-order valence-electron chi connectivity index (χ4n) is 1.85. The van der Waals surface area contributed by atoms with Gasteiger partial charge in [0.05, 0.1) is 21.2 Å². The highest BCUT2D eigenvalue weighted by molar-refractivity contribution is 9.10. The predicted octanol–water partition coefficient (Wildman–Crippen LogP) is 4.00. The third-order valence-electron chi connectivity index (χ3n) is 2.86. The van der Waals surface area contributed by atoms with Crippen LogP contribution in [-0.4, -0.2) is 9.97 Å². The Bertz CT molecular complexity index is 839. The molecule has 0 aliphatic rings. The maximum Gasteiger partial charge on any atom is 0.174 e. The Kier molecular flexibility index (Phi) is 3.42. The lowest BCUT2D eigenvalue weighted by Crippen LogP contribution is -2.04. The standard InChI is InChI=1S/C14H9BrF2N4/c15-7-5-12(9(17)6-8(7)16)21-14-13(18)19-10-3-1-2-4-11(10)20-14/h1-6H,(H2,18,19)(H,20,21). The van der Waals surface area contributed by atoms with E-state index in [0.29, 0.717) is 11.0 Å². The number of para-hydroxylation sites is 2. The van der Waals surface area contributed by atoms with Gasteiger partial charge in [-0.2, -0.15) is 0 Å². The summed E-state index contributed by atoms with van der Waals surface area (Å²) in [7, 11) is 0. The molecule has 4 nitrogen and oxygen atoms in total. The Balaban J connectivity index is 2.05. The van der Waals surface area contributed by atoms with Gasteiger partial charge in [0.1, 0.15) is 11.6 Å². The van der Waals surface area contributed by atoms with Crippen molar-refractivity contribution in [2.75, 3.05) is 11.1 Å². The van der Waals surface area contributed by atoms with Crippen molar-refractivity contribution in [3.8, 4) is 0 Å². The van der Waals surface area contributed by atoms with Crippen molar-refractivity contribution in [3.63, 3.8) is 0 Å². The van der Waals surface area contributed by atoms with Crippen LogP contribution in [0.3, 0.4) is 0 Å². The van der Waals surface area contributed by atoms with Crippen molar-refractivity contribution in [2.45, 2.75) is 0 Å². The van der Waals surface area contributed by atoms with Crippen LogP contribution in [0.1, 0.15) is 0 Å². The predicted molar refractivity (Wildman–Crippen MR) is 81.3 cm³/mol. The second-order valence-electron chi connectivity index (χ2n) is 4.32. The van der Waals surface area contributed by atoms with Gasteiger partial charge < -0.3 is 11.1 Å². The van der Waals surface area contributed by atoms with E-state index >= 15 is 0 Å². The van der Waals surface area contributed by atoms with Gasteiger partial charge in [0.15, 0.2) is 11.6 Å². The average molecular weight is 351 g/mol. The molecule has 21 heavy (non-hydrogen) atoms. The van der Waals surface area contributed by atoms with Crippen LogP contribution < -0.4 is 11.1 Å². The zero-order chi connectivity index (χ0) is 15.0. The first kappa shape index (κ1) is 13.7. The summed E-state index contributed by atoms with van der Waals surface area (Å²) in [5, 5.41) is 2.73. The summed E-state index contributed by atoms with van der Waals surface area (Å²) in [5.41, 5.74) is 7.12. The van der Waals surface area contributed by atoms with Gasteiger partial charge in [0, 0.05) is 6.07 Å². The Morgan fingerprint density at radius 1 is 1.00 bits per heavy atom. The van der Waals surface area contributed by atoms with E-state index in [1.54, 1.807) is 12.1 Å². The van der Waals surface area contributed by atoms with E-state index in [1.807, 2.05) is 12.1 Å². The number of nitrogens with one attached hydrogen (secondary N) is 1. The van der Waals surface area contributed by atoms with Crippen molar-refractivity contribution in [2.24, 2.45) is 0 Å². The minimum Gasteiger partial charge on any atom is -0.381 e. The van der Waals surface area contributed by atoms with Crippen molar-refractivity contribution in [1.82, 2.24) is 9.97 Å². The molecule has 106 valence electrons. The summed E-state index contributed by atoms with van der Waals surface area (Å²) in [4.78, 5) is 8.47. The van der Waals surface area contributed by atoms with Crippen LogP contribution in [0, 0.1) is 11.6 Å². The molecule has 0 fully saturated rings. The van der Waals surface area contributed by atoms with Crippen molar-refractivity contribution in [1.29, 1.82) is 0 Å². The second kappa shape index (κ2) is 5.25. The number of aromatic nitrogens is 2. The number of halogens is 3. The average Bonchev–Trinajstić information content (AvgIpc) is 2.45. The molecule has 7 heteroatoms. The van der Waals surface area contributed by atoms with Gasteiger partial charge >= 0.3 is 0 Å². The van der Waals surface area contributed by atoms with Gasteiger partial charge in [-0.25, -0.2) is 18.7 Å². The van der Waals surface area contributed by atoms with Crippen LogP contribution in [0.2, 0.25) is 0 Å². The highest BCUT2D eigenvalue weighted by Gasteiger charge is 2.12. The van der Waals surface area contributed by atoms with Crippen LogP contribution in [0.5, 0.6) is 0 Å². The SMILES string of the molecule is Nc1nc2ccccc2nc1Nc1cc(Br)c(F)cc1F. The number of hydrogen-bond acceptors (Lipinski definition) is 4. The molecule has 0 unspecified atom stereocenters. The van der Waals surface area contributed by atoms with E-state index < -0.39 is 11.6 Å². The molecule has 0 aliphatic heterocycles. The van der Waals surface area contributed by atoms with Gasteiger partial charge in [0.2, 0.25) is 0 Å². The molecular formula is C14H9BrF2N4. The maximum absolute atomic E-state index is 13.7. The summed E-state index contributed by atoms with van der Waals surface area (Å²) in [6, 6.07) is 9.23. The van der Waals surface area contributed by atoms with Crippen LogP contribution in [0.15, 0.2) is 40.9 Å². The topological polar surface area (TPSA) is 63.8 Å². The zero-order valence-electron chi connectivity index (χ0n) is 10.6. The number of nitrogens with zero attached hydrogens (tertiary/aromatic N) is 2. The van der Waals surface area contributed by atoms with Gasteiger partial charge in [-0.05, 0) is 34.1 Å². The molecule has 0 saturated carbocycles. The summed E-state index contributed by atoms with van der Waals surface area (Å²) in [6.07, 6.45) is 0.